The number of nitrogens with one attached hydrogen (secondary N) is 1. The van der Waals surface area contributed by atoms with Gasteiger partial charge in [0.2, 0.25) is 5.91 Å². The molecular formula is C19H18N4O3. The number of benzene rings is 1. The van der Waals surface area contributed by atoms with Crippen molar-refractivity contribution in [3.8, 4) is 22.8 Å². The van der Waals surface area contributed by atoms with E-state index in [4.69, 9.17) is 14.6 Å². The number of rotatable bonds is 3. The molecule has 0 saturated carbocycles. The molecule has 0 atom stereocenters. The summed E-state index contributed by atoms with van der Waals surface area (Å²) in [7, 11) is 1.61. The number of hydrogen-bond donors (Lipinski definition) is 1. The largest absolute Gasteiger partial charge is 0.495 e. The summed E-state index contributed by atoms with van der Waals surface area (Å²) in [6.45, 7) is 2.49. The standard InChI is InChI=1S/C19H18N4O3/c1-12(24)21-15-4-3-13-10-23-16(11-26-19(13)6-15)7-18(22-23)14-5-17(25-2)9-20-8-14/h3-9H,10-11H2,1-2H3,(H,21,24). The SMILES string of the molecule is COc1cncc(-c2cc3n(n2)Cc2ccc(NC(C)=O)cc2OC3)c1. The van der Waals surface area contributed by atoms with Gasteiger partial charge in [0, 0.05) is 36.0 Å². The summed E-state index contributed by atoms with van der Waals surface area (Å²) < 4.78 is 13.1. The molecule has 0 saturated heterocycles. The zero-order chi connectivity index (χ0) is 18.1. The molecule has 132 valence electrons. The third kappa shape index (κ3) is 3.11. The van der Waals surface area contributed by atoms with E-state index in [9.17, 15) is 4.79 Å². The van der Waals surface area contributed by atoms with Crippen LogP contribution >= 0.6 is 0 Å². The fraction of sp³-hybridized carbons (Fsp3) is 0.211. The van der Waals surface area contributed by atoms with Crippen molar-refractivity contribution in [3.63, 3.8) is 0 Å². The van der Waals surface area contributed by atoms with Crippen molar-refractivity contribution in [2.45, 2.75) is 20.1 Å². The van der Waals surface area contributed by atoms with Gasteiger partial charge in [-0.2, -0.15) is 5.10 Å². The minimum absolute atomic E-state index is 0.108. The Morgan fingerprint density at radius 1 is 1.27 bits per heavy atom. The van der Waals surface area contributed by atoms with Gasteiger partial charge in [0.25, 0.3) is 0 Å². The van der Waals surface area contributed by atoms with Gasteiger partial charge in [-0.05, 0) is 18.2 Å². The van der Waals surface area contributed by atoms with E-state index in [0.717, 1.165) is 34.0 Å². The van der Waals surface area contributed by atoms with Gasteiger partial charge in [-0.25, -0.2) is 0 Å². The molecule has 0 unspecified atom stereocenters. The Hall–Kier alpha value is -3.35. The first-order chi connectivity index (χ1) is 12.6. The maximum atomic E-state index is 11.2. The van der Waals surface area contributed by atoms with Crippen molar-refractivity contribution >= 4 is 11.6 Å². The molecule has 7 heteroatoms. The van der Waals surface area contributed by atoms with E-state index in [1.807, 2.05) is 35.0 Å². The van der Waals surface area contributed by atoms with Gasteiger partial charge >= 0.3 is 0 Å². The van der Waals surface area contributed by atoms with Gasteiger partial charge in [-0.1, -0.05) is 6.07 Å². The lowest BCUT2D eigenvalue weighted by Crippen LogP contribution is -2.06. The Kier molecular flexibility index (Phi) is 4.04. The van der Waals surface area contributed by atoms with Crippen LogP contribution in [0.25, 0.3) is 11.3 Å². The predicted molar refractivity (Wildman–Crippen MR) is 96.2 cm³/mol. The second-order valence-electron chi connectivity index (χ2n) is 6.08. The average molecular weight is 350 g/mol. The van der Waals surface area contributed by atoms with Crippen LogP contribution in [0.5, 0.6) is 11.5 Å². The molecule has 1 aromatic carbocycles. The molecule has 26 heavy (non-hydrogen) atoms. The Morgan fingerprint density at radius 3 is 2.96 bits per heavy atom. The lowest BCUT2D eigenvalue weighted by molar-refractivity contribution is -0.114. The topological polar surface area (TPSA) is 78.3 Å². The number of fused-ring (bicyclic) bond motifs is 2. The highest BCUT2D eigenvalue weighted by Gasteiger charge is 2.18. The Bertz CT molecular complexity index is 981. The molecule has 4 rings (SSSR count). The number of anilines is 1. The van der Waals surface area contributed by atoms with E-state index >= 15 is 0 Å². The molecular weight excluding hydrogens is 332 g/mol. The minimum atomic E-state index is -0.108. The highest BCUT2D eigenvalue weighted by Crippen LogP contribution is 2.30. The highest BCUT2D eigenvalue weighted by molar-refractivity contribution is 5.88. The maximum absolute atomic E-state index is 11.2. The van der Waals surface area contributed by atoms with Crippen LogP contribution in [-0.4, -0.2) is 27.8 Å². The Balaban J connectivity index is 1.64. The number of methoxy groups -OCH3 is 1. The van der Waals surface area contributed by atoms with Crippen LogP contribution in [0.2, 0.25) is 0 Å². The van der Waals surface area contributed by atoms with Crippen molar-refractivity contribution in [3.05, 3.63) is 54.0 Å². The zero-order valence-corrected chi connectivity index (χ0v) is 14.5. The average Bonchev–Trinajstić information content (AvgIpc) is 2.96. The first-order valence-corrected chi connectivity index (χ1v) is 8.22. The summed E-state index contributed by atoms with van der Waals surface area (Å²) in [5.74, 6) is 1.34. The van der Waals surface area contributed by atoms with Crippen LogP contribution in [-0.2, 0) is 17.9 Å². The Labute approximate surface area is 150 Å². The number of ether oxygens (including phenoxy) is 2. The molecule has 1 amide bonds. The molecule has 1 N–H and O–H groups in total. The first kappa shape index (κ1) is 16.1. The van der Waals surface area contributed by atoms with Crippen LogP contribution in [0.3, 0.4) is 0 Å². The quantitative estimate of drug-likeness (QED) is 0.786. The lowest BCUT2D eigenvalue weighted by atomic mass is 10.2. The van der Waals surface area contributed by atoms with E-state index in [-0.39, 0.29) is 5.91 Å². The number of hydrogen-bond acceptors (Lipinski definition) is 5. The maximum Gasteiger partial charge on any atom is 0.221 e. The van der Waals surface area contributed by atoms with E-state index in [0.29, 0.717) is 18.9 Å². The van der Waals surface area contributed by atoms with E-state index in [1.165, 1.54) is 6.92 Å². The van der Waals surface area contributed by atoms with E-state index < -0.39 is 0 Å². The molecule has 7 nitrogen and oxygen atoms in total. The van der Waals surface area contributed by atoms with Crippen molar-refractivity contribution in [2.24, 2.45) is 0 Å². The molecule has 0 spiro atoms. The third-order valence-corrected chi connectivity index (χ3v) is 4.19. The molecule has 0 fully saturated rings. The fourth-order valence-corrected chi connectivity index (χ4v) is 2.93. The normalized spacial score (nSPS) is 12.4. The molecule has 0 bridgehead atoms. The summed E-state index contributed by atoms with van der Waals surface area (Å²) in [5.41, 5.74) is 4.43. The second kappa shape index (κ2) is 6.51. The number of carbonyl (C=O) groups is 1. The number of aromatic nitrogens is 3. The van der Waals surface area contributed by atoms with Crippen molar-refractivity contribution in [1.82, 2.24) is 14.8 Å². The van der Waals surface area contributed by atoms with Gasteiger partial charge in [0.15, 0.2) is 0 Å². The highest BCUT2D eigenvalue weighted by atomic mass is 16.5. The summed E-state index contributed by atoms with van der Waals surface area (Å²) in [5, 5.41) is 7.47. The molecule has 1 aliphatic heterocycles. The number of pyridine rings is 1. The summed E-state index contributed by atoms with van der Waals surface area (Å²) >= 11 is 0. The van der Waals surface area contributed by atoms with Crippen molar-refractivity contribution in [2.75, 3.05) is 12.4 Å². The van der Waals surface area contributed by atoms with Gasteiger partial charge in [0.05, 0.1) is 31.2 Å². The fourth-order valence-electron chi connectivity index (χ4n) is 2.93. The molecule has 1 aliphatic rings. The van der Waals surface area contributed by atoms with Crippen LogP contribution in [0.4, 0.5) is 5.69 Å². The zero-order valence-electron chi connectivity index (χ0n) is 14.5. The Morgan fingerprint density at radius 2 is 2.15 bits per heavy atom. The number of amides is 1. The van der Waals surface area contributed by atoms with Gasteiger partial charge < -0.3 is 14.8 Å². The third-order valence-electron chi connectivity index (χ3n) is 4.19. The lowest BCUT2D eigenvalue weighted by Gasteiger charge is -2.09. The minimum Gasteiger partial charge on any atom is -0.495 e. The number of carbonyl (C=O) groups excluding carboxylic acids is 1. The van der Waals surface area contributed by atoms with Gasteiger partial charge in [0.1, 0.15) is 18.1 Å². The van der Waals surface area contributed by atoms with Crippen LogP contribution in [0, 0.1) is 0 Å². The molecule has 0 aliphatic carbocycles. The van der Waals surface area contributed by atoms with E-state index in [1.54, 1.807) is 19.5 Å². The van der Waals surface area contributed by atoms with E-state index in [2.05, 4.69) is 10.3 Å². The van der Waals surface area contributed by atoms with Crippen LogP contribution in [0.1, 0.15) is 18.2 Å². The molecule has 2 aromatic heterocycles. The van der Waals surface area contributed by atoms with Crippen LogP contribution in [0.15, 0.2) is 42.7 Å². The summed E-state index contributed by atoms with van der Waals surface area (Å²) in [4.78, 5) is 15.4. The van der Waals surface area contributed by atoms with Gasteiger partial charge in [-0.15, -0.1) is 0 Å². The van der Waals surface area contributed by atoms with Gasteiger partial charge in [-0.3, -0.25) is 14.5 Å². The molecule has 0 radical (unpaired) electrons. The summed E-state index contributed by atoms with van der Waals surface area (Å²) in [6.07, 6.45) is 3.43. The van der Waals surface area contributed by atoms with Crippen molar-refractivity contribution < 1.29 is 14.3 Å². The van der Waals surface area contributed by atoms with Crippen molar-refractivity contribution in [1.29, 1.82) is 0 Å². The molecule has 3 aromatic rings. The second-order valence-corrected chi connectivity index (χ2v) is 6.08. The smallest absolute Gasteiger partial charge is 0.221 e. The predicted octanol–water partition coefficient (Wildman–Crippen LogP) is 2.85. The summed E-state index contributed by atoms with van der Waals surface area (Å²) in [6, 6.07) is 9.56. The monoisotopic (exact) mass is 350 g/mol. The van der Waals surface area contributed by atoms with Crippen LogP contribution < -0.4 is 14.8 Å². The first-order valence-electron chi connectivity index (χ1n) is 8.22. The molecule has 3 heterocycles. The number of nitrogens with zero attached hydrogens (tertiary/aromatic N) is 3.